The number of hydrogen-bond donors (Lipinski definition) is 1. The predicted molar refractivity (Wildman–Crippen MR) is 91.9 cm³/mol. The second-order valence-corrected chi connectivity index (χ2v) is 5.98. The van der Waals surface area contributed by atoms with Crippen LogP contribution < -0.4 is 10.1 Å². The Kier molecular flexibility index (Phi) is 7.69. The van der Waals surface area contributed by atoms with Gasteiger partial charge in [-0.25, -0.2) is 0 Å². The highest BCUT2D eigenvalue weighted by Crippen LogP contribution is 2.20. The molecule has 4 nitrogen and oxygen atoms in total. The van der Waals surface area contributed by atoms with Crippen molar-refractivity contribution in [1.29, 1.82) is 0 Å². The summed E-state index contributed by atoms with van der Waals surface area (Å²) in [5, 5.41) is 3.25. The third kappa shape index (κ3) is 5.18. The largest absolute Gasteiger partial charge is 0.484 e. The molecule has 0 saturated carbocycles. The maximum atomic E-state index is 12.2. The third-order valence-electron chi connectivity index (χ3n) is 4.07. The molecule has 1 N–H and O–H groups in total. The number of amides is 1. The number of carbonyl (C=O) groups is 1. The van der Waals surface area contributed by atoms with Crippen molar-refractivity contribution in [2.75, 3.05) is 26.7 Å². The molecule has 1 fully saturated rings. The van der Waals surface area contributed by atoms with Crippen molar-refractivity contribution in [3.8, 4) is 5.75 Å². The van der Waals surface area contributed by atoms with E-state index < -0.39 is 0 Å². The van der Waals surface area contributed by atoms with E-state index in [1.165, 1.54) is 5.56 Å². The second kappa shape index (κ2) is 9.01. The van der Waals surface area contributed by atoms with Gasteiger partial charge in [0.1, 0.15) is 5.75 Å². The van der Waals surface area contributed by atoms with Crippen LogP contribution in [0, 0.1) is 0 Å². The molecule has 1 aromatic carbocycles. The Morgan fingerprint density at radius 1 is 1.45 bits per heavy atom. The summed E-state index contributed by atoms with van der Waals surface area (Å²) in [6, 6.07) is 8.40. The fraction of sp³-hybridized carbons (Fsp3) is 0.588. The van der Waals surface area contributed by atoms with E-state index >= 15 is 0 Å². The zero-order chi connectivity index (χ0) is 15.2. The summed E-state index contributed by atoms with van der Waals surface area (Å²) in [4.78, 5) is 14.1. The van der Waals surface area contributed by atoms with E-state index in [0.29, 0.717) is 12.0 Å². The molecule has 0 aliphatic carbocycles. The molecule has 124 valence electrons. The van der Waals surface area contributed by atoms with Gasteiger partial charge in [0.15, 0.2) is 6.61 Å². The monoisotopic (exact) mass is 326 g/mol. The van der Waals surface area contributed by atoms with Crippen LogP contribution in [0.2, 0.25) is 0 Å². The minimum absolute atomic E-state index is 0. The molecule has 1 heterocycles. The van der Waals surface area contributed by atoms with Gasteiger partial charge in [-0.2, -0.15) is 0 Å². The highest BCUT2D eigenvalue weighted by Gasteiger charge is 2.22. The predicted octanol–water partition coefficient (Wildman–Crippen LogP) is 2.82. The van der Waals surface area contributed by atoms with Gasteiger partial charge in [-0.3, -0.25) is 4.79 Å². The third-order valence-corrected chi connectivity index (χ3v) is 4.07. The van der Waals surface area contributed by atoms with Gasteiger partial charge in [0.25, 0.3) is 5.91 Å². The normalized spacial score (nSPS) is 18.0. The number of rotatable bonds is 5. The zero-order valence-electron chi connectivity index (χ0n) is 13.7. The zero-order valence-corrected chi connectivity index (χ0v) is 14.5. The van der Waals surface area contributed by atoms with E-state index in [9.17, 15) is 4.79 Å². The lowest BCUT2D eigenvalue weighted by Gasteiger charge is -2.32. The molecular weight excluding hydrogens is 300 g/mol. The van der Waals surface area contributed by atoms with E-state index in [0.717, 1.165) is 31.7 Å². The molecule has 1 amide bonds. The number of piperidine rings is 1. The number of nitrogens with one attached hydrogen (secondary N) is 1. The topological polar surface area (TPSA) is 41.6 Å². The molecule has 0 aromatic heterocycles. The minimum atomic E-state index is 0. The number of ether oxygens (including phenoxy) is 1. The number of carbonyl (C=O) groups excluding carboxylic acids is 1. The smallest absolute Gasteiger partial charge is 0.260 e. The first-order chi connectivity index (χ1) is 10.1. The average Bonchev–Trinajstić information content (AvgIpc) is 2.53. The minimum Gasteiger partial charge on any atom is -0.484 e. The van der Waals surface area contributed by atoms with Crippen LogP contribution >= 0.6 is 12.4 Å². The summed E-state index contributed by atoms with van der Waals surface area (Å²) in [5.41, 5.74) is 1.23. The second-order valence-electron chi connectivity index (χ2n) is 5.98. The molecule has 5 heteroatoms. The standard InChI is InChI=1S/C17H26N2O2.ClH/c1-13(2)14-6-4-8-16(10-14)21-12-17(20)19-9-5-7-15(11-19)18-3;/h4,6,8,10,13,15,18H,5,7,9,11-12H2,1-3H3;1H. The quantitative estimate of drug-likeness (QED) is 0.904. The lowest BCUT2D eigenvalue weighted by Crippen LogP contribution is -2.48. The van der Waals surface area contributed by atoms with Crippen LogP contribution in [0.15, 0.2) is 24.3 Å². The fourth-order valence-electron chi connectivity index (χ4n) is 2.64. The number of nitrogens with zero attached hydrogens (tertiary/aromatic N) is 1. The van der Waals surface area contributed by atoms with Crippen molar-refractivity contribution in [3.63, 3.8) is 0 Å². The van der Waals surface area contributed by atoms with Crippen molar-refractivity contribution in [3.05, 3.63) is 29.8 Å². The average molecular weight is 327 g/mol. The SMILES string of the molecule is CNC1CCCN(C(=O)COc2cccc(C(C)C)c2)C1.Cl. The van der Waals surface area contributed by atoms with Gasteiger partial charge in [-0.15, -0.1) is 12.4 Å². The lowest BCUT2D eigenvalue weighted by atomic mass is 10.0. The van der Waals surface area contributed by atoms with Gasteiger partial charge in [0.2, 0.25) is 0 Å². The molecule has 0 spiro atoms. The van der Waals surface area contributed by atoms with Gasteiger partial charge in [-0.1, -0.05) is 26.0 Å². The van der Waals surface area contributed by atoms with E-state index in [1.54, 1.807) is 0 Å². The van der Waals surface area contributed by atoms with E-state index in [1.807, 2.05) is 30.1 Å². The Morgan fingerprint density at radius 3 is 2.91 bits per heavy atom. The molecule has 1 saturated heterocycles. The molecule has 2 rings (SSSR count). The van der Waals surface area contributed by atoms with Crippen molar-refractivity contribution in [2.45, 2.75) is 38.6 Å². The van der Waals surface area contributed by atoms with Gasteiger partial charge in [0, 0.05) is 19.1 Å². The van der Waals surface area contributed by atoms with Crippen LogP contribution in [0.5, 0.6) is 5.75 Å². The summed E-state index contributed by atoms with van der Waals surface area (Å²) in [6.45, 7) is 6.04. The highest BCUT2D eigenvalue weighted by atomic mass is 35.5. The molecular formula is C17H27ClN2O2. The molecule has 1 aliphatic rings. The number of benzene rings is 1. The first-order valence-electron chi connectivity index (χ1n) is 7.78. The summed E-state index contributed by atoms with van der Waals surface area (Å²) in [5.74, 6) is 1.31. The van der Waals surface area contributed by atoms with E-state index in [-0.39, 0.29) is 24.9 Å². The fourth-order valence-corrected chi connectivity index (χ4v) is 2.64. The lowest BCUT2D eigenvalue weighted by molar-refractivity contribution is -0.134. The van der Waals surface area contributed by atoms with Crippen LogP contribution in [0.1, 0.15) is 38.2 Å². The molecule has 1 atom stereocenters. The van der Waals surface area contributed by atoms with E-state index in [2.05, 4.69) is 25.2 Å². The van der Waals surface area contributed by atoms with Crippen LogP contribution in [0.25, 0.3) is 0 Å². The van der Waals surface area contributed by atoms with Crippen molar-refractivity contribution >= 4 is 18.3 Å². The maximum Gasteiger partial charge on any atom is 0.260 e. The Hall–Kier alpha value is -1.26. The molecule has 22 heavy (non-hydrogen) atoms. The molecule has 0 radical (unpaired) electrons. The Bertz CT molecular complexity index is 479. The number of likely N-dealkylation sites (N-methyl/N-ethyl adjacent to an activating group) is 1. The van der Waals surface area contributed by atoms with Crippen LogP contribution in [0.4, 0.5) is 0 Å². The molecule has 1 aromatic rings. The Labute approximate surface area is 139 Å². The first-order valence-corrected chi connectivity index (χ1v) is 7.78. The van der Waals surface area contributed by atoms with Gasteiger partial charge in [-0.05, 0) is 43.5 Å². The van der Waals surface area contributed by atoms with Crippen LogP contribution in [-0.4, -0.2) is 43.6 Å². The molecule has 1 unspecified atom stereocenters. The first kappa shape index (κ1) is 18.8. The van der Waals surface area contributed by atoms with Gasteiger partial charge >= 0.3 is 0 Å². The molecule has 0 bridgehead atoms. The van der Waals surface area contributed by atoms with Crippen molar-refractivity contribution in [1.82, 2.24) is 10.2 Å². The number of likely N-dealkylation sites (tertiary alicyclic amines) is 1. The molecule has 1 aliphatic heterocycles. The Morgan fingerprint density at radius 2 is 2.23 bits per heavy atom. The van der Waals surface area contributed by atoms with Crippen molar-refractivity contribution < 1.29 is 9.53 Å². The summed E-state index contributed by atoms with van der Waals surface area (Å²) in [6.07, 6.45) is 2.19. The van der Waals surface area contributed by atoms with Gasteiger partial charge in [0.05, 0.1) is 0 Å². The van der Waals surface area contributed by atoms with Crippen molar-refractivity contribution in [2.24, 2.45) is 0 Å². The summed E-state index contributed by atoms with van der Waals surface area (Å²) >= 11 is 0. The number of halogens is 1. The summed E-state index contributed by atoms with van der Waals surface area (Å²) < 4.78 is 5.67. The number of hydrogen-bond acceptors (Lipinski definition) is 3. The maximum absolute atomic E-state index is 12.2. The highest BCUT2D eigenvalue weighted by molar-refractivity contribution is 5.85. The van der Waals surface area contributed by atoms with Crippen LogP contribution in [-0.2, 0) is 4.79 Å². The van der Waals surface area contributed by atoms with Crippen LogP contribution in [0.3, 0.4) is 0 Å². The van der Waals surface area contributed by atoms with Gasteiger partial charge < -0.3 is 15.0 Å². The summed E-state index contributed by atoms with van der Waals surface area (Å²) in [7, 11) is 1.95. The Balaban J connectivity index is 0.00000242. The van der Waals surface area contributed by atoms with E-state index in [4.69, 9.17) is 4.74 Å².